The van der Waals surface area contributed by atoms with Gasteiger partial charge in [-0.3, -0.25) is 9.10 Å². The van der Waals surface area contributed by atoms with E-state index in [0.29, 0.717) is 36.9 Å². The largest absolute Gasteiger partial charge is 0.381 e. The van der Waals surface area contributed by atoms with Crippen LogP contribution in [-0.2, 0) is 25.0 Å². The molecule has 8 heteroatoms. The van der Waals surface area contributed by atoms with Crippen LogP contribution in [0.4, 0.5) is 5.69 Å². The van der Waals surface area contributed by atoms with E-state index in [0.717, 1.165) is 30.2 Å². The van der Waals surface area contributed by atoms with Crippen LogP contribution < -0.4 is 9.62 Å². The molecule has 1 atom stereocenters. The van der Waals surface area contributed by atoms with Crippen molar-refractivity contribution in [2.24, 2.45) is 0 Å². The summed E-state index contributed by atoms with van der Waals surface area (Å²) in [5, 5.41) is 3.48. The number of amides is 1. The van der Waals surface area contributed by atoms with E-state index >= 15 is 0 Å². The van der Waals surface area contributed by atoms with Gasteiger partial charge >= 0.3 is 0 Å². The number of nitrogens with zero attached hydrogens (tertiary/aromatic N) is 1. The van der Waals surface area contributed by atoms with E-state index in [9.17, 15) is 13.2 Å². The monoisotopic (exact) mass is 478 g/mol. The van der Waals surface area contributed by atoms with Gasteiger partial charge < -0.3 is 10.1 Å². The number of aryl methyl sites for hydroxylation is 1. The second kappa shape index (κ2) is 10.2. The summed E-state index contributed by atoms with van der Waals surface area (Å²) >= 11 is 6.15. The number of benzene rings is 2. The fourth-order valence-electron chi connectivity index (χ4n) is 4.35. The zero-order chi connectivity index (χ0) is 23.4. The second-order valence-electron chi connectivity index (χ2n) is 8.39. The number of rotatable bonds is 8. The zero-order valence-electron chi connectivity index (χ0n) is 18.8. The molecule has 0 spiro atoms. The first-order valence-corrected chi connectivity index (χ1v) is 13.1. The maximum absolute atomic E-state index is 13.4. The number of sulfonamides is 1. The summed E-state index contributed by atoms with van der Waals surface area (Å²) in [6.45, 7) is 5.28. The first-order chi connectivity index (χ1) is 15.2. The van der Waals surface area contributed by atoms with Crippen LogP contribution in [0.2, 0.25) is 5.02 Å². The fraction of sp³-hybridized carbons (Fsp3) is 0.458. The second-order valence-corrected chi connectivity index (χ2v) is 10.7. The standard InChI is InChI=1S/C24H31ClN2O4S/c1-4-21(27(32(3,29)30)22-16-20(25)11-10-18(22)2)23(28)26-17-24(12-14-31-15-13-24)19-8-6-5-7-9-19/h5-11,16,21H,4,12-15,17H2,1-3H3,(H,26,28)/t21-/m0/s1. The number of hydrogen-bond donors (Lipinski definition) is 1. The van der Waals surface area contributed by atoms with Crippen LogP contribution in [0.1, 0.15) is 37.3 Å². The van der Waals surface area contributed by atoms with E-state index < -0.39 is 16.1 Å². The molecule has 0 saturated carbocycles. The van der Waals surface area contributed by atoms with Crippen molar-refractivity contribution < 1.29 is 17.9 Å². The number of carbonyl (C=O) groups is 1. The van der Waals surface area contributed by atoms with Gasteiger partial charge in [0.1, 0.15) is 6.04 Å². The van der Waals surface area contributed by atoms with Gasteiger partial charge in [0, 0.05) is 30.2 Å². The molecule has 1 fully saturated rings. The molecule has 0 unspecified atom stereocenters. The summed E-state index contributed by atoms with van der Waals surface area (Å²) in [4.78, 5) is 13.4. The van der Waals surface area contributed by atoms with Crippen LogP contribution in [-0.4, -0.2) is 46.4 Å². The first-order valence-electron chi connectivity index (χ1n) is 10.8. The first kappa shape index (κ1) is 24.6. The Balaban J connectivity index is 1.89. The van der Waals surface area contributed by atoms with Gasteiger partial charge in [-0.25, -0.2) is 8.42 Å². The molecule has 2 aromatic rings. The number of nitrogens with one attached hydrogen (secondary N) is 1. The Labute approximate surface area is 196 Å². The Morgan fingerprint density at radius 3 is 2.44 bits per heavy atom. The van der Waals surface area contributed by atoms with Gasteiger partial charge in [-0.1, -0.05) is 54.9 Å². The third-order valence-corrected chi connectivity index (χ3v) is 7.58. The molecule has 0 bridgehead atoms. The predicted molar refractivity (Wildman–Crippen MR) is 129 cm³/mol. The molecular weight excluding hydrogens is 448 g/mol. The minimum Gasteiger partial charge on any atom is -0.381 e. The van der Waals surface area contributed by atoms with Crippen molar-refractivity contribution >= 4 is 33.2 Å². The molecule has 0 aromatic heterocycles. The summed E-state index contributed by atoms with van der Waals surface area (Å²) < 4.78 is 32.3. The van der Waals surface area contributed by atoms with Gasteiger partial charge in [-0.2, -0.15) is 0 Å². The summed E-state index contributed by atoms with van der Waals surface area (Å²) in [5.41, 5.74) is 2.07. The van der Waals surface area contributed by atoms with Crippen molar-refractivity contribution in [3.8, 4) is 0 Å². The summed E-state index contributed by atoms with van der Waals surface area (Å²) in [6, 6.07) is 14.3. The number of ether oxygens (including phenoxy) is 1. The lowest BCUT2D eigenvalue weighted by molar-refractivity contribution is -0.122. The molecule has 32 heavy (non-hydrogen) atoms. The lowest BCUT2D eigenvalue weighted by Crippen LogP contribution is -2.53. The zero-order valence-corrected chi connectivity index (χ0v) is 20.4. The van der Waals surface area contributed by atoms with Crippen LogP contribution in [0.15, 0.2) is 48.5 Å². The molecule has 1 heterocycles. The van der Waals surface area contributed by atoms with Crippen molar-refractivity contribution in [2.75, 3.05) is 30.3 Å². The van der Waals surface area contributed by atoms with Crippen LogP contribution in [0.3, 0.4) is 0 Å². The van der Waals surface area contributed by atoms with Gasteiger partial charge in [0.15, 0.2) is 0 Å². The molecule has 3 rings (SSSR count). The van der Waals surface area contributed by atoms with Gasteiger partial charge in [-0.05, 0) is 49.4 Å². The molecule has 6 nitrogen and oxygen atoms in total. The minimum absolute atomic E-state index is 0.241. The molecule has 1 saturated heterocycles. The molecule has 0 aliphatic carbocycles. The van der Waals surface area contributed by atoms with Gasteiger partial charge in [-0.15, -0.1) is 0 Å². The molecule has 174 valence electrons. The molecular formula is C24H31ClN2O4S. The smallest absolute Gasteiger partial charge is 0.243 e. The van der Waals surface area contributed by atoms with Crippen LogP contribution in [0.5, 0.6) is 0 Å². The third-order valence-electron chi connectivity index (χ3n) is 6.18. The van der Waals surface area contributed by atoms with Crippen LogP contribution in [0.25, 0.3) is 0 Å². The molecule has 1 aliphatic rings. The van der Waals surface area contributed by atoms with E-state index in [1.807, 2.05) is 25.1 Å². The SMILES string of the molecule is CC[C@@H](C(=O)NCC1(c2ccccc2)CCOCC1)N(c1cc(Cl)ccc1C)S(C)(=O)=O. The maximum atomic E-state index is 13.4. The molecule has 1 N–H and O–H groups in total. The Morgan fingerprint density at radius 2 is 1.84 bits per heavy atom. The predicted octanol–water partition coefficient (Wildman–Crippen LogP) is 4.06. The molecule has 2 aromatic carbocycles. The highest BCUT2D eigenvalue weighted by atomic mass is 35.5. The Morgan fingerprint density at radius 1 is 1.19 bits per heavy atom. The van der Waals surface area contributed by atoms with Crippen LogP contribution in [0, 0.1) is 6.92 Å². The fourth-order valence-corrected chi connectivity index (χ4v) is 5.78. The Hall–Kier alpha value is -2.09. The summed E-state index contributed by atoms with van der Waals surface area (Å²) in [7, 11) is -3.73. The Bertz CT molecular complexity index is 1040. The normalized spacial score (nSPS) is 16.9. The summed E-state index contributed by atoms with van der Waals surface area (Å²) in [5.74, 6) is -0.320. The number of anilines is 1. The molecule has 0 radical (unpaired) electrons. The van der Waals surface area contributed by atoms with Gasteiger partial charge in [0.05, 0.1) is 11.9 Å². The van der Waals surface area contributed by atoms with E-state index in [1.54, 1.807) is 25.1 Å². The minimum atomic E-state index is -3.73. The average Bonchev–Trinajstić information content (AvgIpc) is 2.78. The van der Waals surface area contributed by atoms with Crippen molar-refractivity contribution in [1.29, 1.82) is 0 Å². The van der Waals surface area contributed by atoms with E-state index in [2.05, 4.69) is 17.4 Å². The molecule has 1 aliphatic heterocycles. The highest BCUT2D eigenvalue weighted by Crippen LogP contribution is 2.34. The van der Waals surface area contributed by atoms with Crippen molar-refractivity contribution in [3.05, 3.63) is 64.7 Å². The number of hydrogen-bond acceptors (Lipinski definition) is 4. The number of halogens is 1. The van der Waals surface area contributed by atoms with Crippen molar-refractivity contribution in [1.82, 2.24) is 5.32 Å². The van der Waals surface area contributed by atoms with Gasteiger partial charge in [0.25, 0.3) is 0 Å². The topological polar surface area (TPSA) is 75.7 Å². The quantitative estimate of drug-likeness (QED) is 0.620. The maximum Gasteiger partial charge on any atom is 0.243 e. The average molecular weight is 479 g/mol. The van der Waals surface area contributed by atoms with E-state index in [-0.39, 0.29) is 11.3 Å². The number of carbonyl (C=O) groups excluding carboxylic acids is 1. The highest BCUT2D eigenvalue weighted by molar-refractivity contribution is 7.92. The van der Waals surface area contributed by atoms with Crippen molar-refractivity contribution in [3.63, 3.8) is 0 Å². The highest BCUT2D eigenvalue weighted by Gasteiger charge is 2.37. The van der Waals surface area contributed by atoms with E-state index in [4.69, 9.17) is 16.3 Å². The van der Waals surface area contributed by atoms with Crippen molar-refractivity contribution in [2.45, 2.75) is 44.6 Å². The van der Waals surface area contributed by atoms with E-state index in [1.165, 1.54) is 4.31 Å². The lowest BCUT2D eigenvalue weighted by Gasteiger charge is -2.39. The van der Waals surface area contributed by atoms with Gasteiger partial charge in [0.2, 0.25) is 15.9 Å². The molecule has 1 amide bonds. The lowest BCUT2D eigenvalue weighted by atomic mass is 9.74. The third kappa shape index (κ3) is 5.45. The Kier molecular flexibility index (Phi) is 7.85. The summed E-state index contributed by atoms with van der Waals surface area (Å²) in [6.07, 6.45) is 3.02. The van der Waals surface area contributed by atoms with Crippen LogP contribution >= 0.6 is 11.6 Å².